The average Bonchev–Trinajstić information content (AvgIpc) is 2.68. The summed E-state index contributed by atoms with van der Waals surface area (Å²) < 4.78 is 5.25. The molecule has 0 fully saturated rings. The van der Waals surface area contributed by atoms with Gasteiger partial charge < -0.3 is 15.4 Å². The van der Waals surface area contributed by atoms with Gasteiger partial charge in [-0.2, -0.15) is 5.26 Å². The lowest BCUT2D eigenvalue weighted by Gasteiger charge is -2.11. The first kappa shape index (κ1) is 18.0. The number of pyridine rings is 1. The van der Waals surface area contributed by atoms with E-state index in [4.69, 9.17) is 4.74 Å². The Balaban J connectivity index is 1.83. The molecule has 0 aliphatic heterocycles. The number of carbonyl (C=O) groups excluding carboxylic acids is 1. The molecule has 0 saturated carbocycles. The quantitative estimate of drug-likeness (QED) is 0.531. The number of aromatic nitrogens is 1. The van der Waals surface area contributed by atoms with E-state index in [1.54, 1.807) is 18.3 Å². The van der Waals surface area contributed by atoms with Crippen molar-refractivity contribution in [1.29, 1.82) is 5.26 Å². The number of fused-ring (bicyclic) bond motifs is 1. The third kappa shape index (κ3) is 4.05. The molecule has 6 nitrogen and oxygen atoms in total. The Hall–Kier alpha value is -3.85. The van der Waals surface area contributed by atoms with Crippen molar-refractivity contribution in [3.8, 4) is 11.8 Å². The molecule has 1 aromatic heterocycles. The summed E-state index contributed by atoms with van der Waals surface area (Å²) in [5.41, 5.74) is 2.88. The van der Waals surface area contributed by atoms with E-state index in [0.29, 0.717) is 17.1 Å². The minimum Gasteiger partial charge on any atom is -0.495 e. The van der Waals surface area contributed by atoms with Gasteiger partial charge in [-0.25, -0.2) is 0 Å². The molecule has 0 unspecified atom stereocenters. The third-order valence-corrected chi connectivity index (χ3v) is 3.97. The van der Waals surface area contributed by atoms with Crippen molar-refractivity contribution in [1.82, 2.24) is 4.98 Å². The molecule has 134 valence electrons. The number of amides is 1. The summed E-state index contributed by atoms with van der Waals surface area (Å²) in [6.45, 7) is 1.91. The number of nitrogens with zero attached hydrogens (tertiary/aromatic N) is 2. The van der Waals surface area contributed by atoms with E-state index >= 15 is 0 Å². The van der Waals surface area contributed by atoms with Gasteiger partial charge in [0.2, 0.25) is 0 Å². The Labute approximate surface area is 157 Å². The molecule has 0 aliphatic carbocycles. The summed E-state index contributed by atoms with van der Waals surface area (Å²) in [6.07, 6.45) is 3.07. The van der Waals surface area contributed by atoms with E-state index < -0.39 is 5.91 Å². The van der Waals surface area contributed by atoms with Crippen LogP contribution in [-0.4, -0.2) is 18.0 Å². The van der Waals surface area contributed by atoms with Gasteiger partial charge in [-0.05, 0) is 36.8 Å². The zero-order valence-electron chi connectivity index (χ0n) is 15.0. The van der Waals surface area contributed by atoms with Crippen molar-refractivity contribution in [3.05, 3.63) is 72.1 Å². The van der Waals surface area contributed by atoms with Crippen molar-refractivity contribution in [2.75, 3.05) is 17.7 Å². The van der Waals surface area contributed by atoms with Gasteiger partial charge in [0.05, 0.1) is 24.0 Å². The van der Waals surface area contributed by atoms with Crippen LogP contribution < -0.4 is 15.4 Å². The molecular weight excluding hydrogens is 340 g/mol. The first-order chi connectivity index (χ1) is 13.1. The van der Waals surface area contributed by atoms with Crippen LogP contribution in [0.15, 0.2) is 66.5 Å². The molecule has 0 radical (unpaired) electrons. The number of hydrogen-bond donors (Lipinski definition) is 2. The molecule has 27 heavy (non-hydrogen) atoms. The summed E-state index contributed by atoms with van der Waals surface area (Å²) >= 11 is 0. The van der Waals surface area contributed by atoms with Gasteiger partial charge in [-0.15, -0.1) is 0 Å². The van der Waals surface area contributed by atoms with Gasteiger partial charge in [-0.1, -0.05) is 24.3 Å². The number of carbonyl (C=O) groups is 1. The fourth-order valence-electron chi connectivity index (χ4n) is 2.63. The van der Waals surface area contributed by atoms with Crippen LogP contribution in [0, 0.1) is 18.3 Å². The highest BCUT2D eigenvalue weighted by Gasteiger charge is 2.13. The Morgan fingerprint density at radius 1 is 1.19 bits per heavy atom. The first-order valence-electron chi connectivity index (χ1n) is 8.29. The normalized spacial score (nSPS) is 10.9. The number of ether oxygens (including phenoxy) is 1. The second-order valence-electron chi connectivity index (χ2n) is 5.85. The van der Waals surface area contributed by atoms with Gasteiger partial charge >= 0.3 is 0 Å². The maximum Gasteiger partial charge on any atom is 0.267 e. The van der Waals surface area contributed by atoms with Gasteiger partial charge in [0, 0.05) is 17.8 Å². The molecule has 0 bridgehead atoms. The smallest absolute Gasteiger partial charge is 0.267 e. The molecule has 6 heteroatoms. The molecule has 0 atom stereocenters. The molecule has 0 aliphatic rings. The van der Waals surface area contributed by atoms with Gasteiger partial charge in [0.25, 0.3) is 5.91 Å². The largest absolute Gasteiger partial charge is 0.495 e. The standard InChI is InChI=1S/C21H18N4O2/c1-14-8-9-19(27-2)18(11-14)25-21(26)16(12-22)13-24-17-7-3-5-15-6-4-10-23-20(15)17/h3-11,13,24H,1-2H3,(H,25,26)/b16-13-. The number of nitriles is 1. The lowest BCUT2D eigenvalue weighted by atomic mass is 10.2. The Morgan fingerprint density at radius 3 is 2.78 bits per heavy atom. The van der Waals surface area contributed by atoms with Crippen molar-refractivity contribution in [3.63, 3.8) is 0 Å². The van der Waals surface area contributed by atoms with E-state index in [0.717, 1.165) is 16.5 Å². The highest BCUT2D eigenvalue weighted by Crippen LogP contribution is 2.26. The number of aryl methyl sites for hydroxylation is 1. The third-order valence-electron chi connectivity index (χ3n) is 3.97. The van der Waals surface area contributed by atoms with E-state index in [1.807, 2.05) is 49.4 Å². The molecule has 3 rings (SSSR count). The number of hydrogen-bond acceptors (Lipinski definition) is 5. The van der Waals surface area contributed by atoms with Crippen molar-refractivity contribution >= 4 is 28.2 Å². The minimum atomic E-state index is -0.526. The van der Waals surface area contributed by atoms with Crippen molar-refractivity contribution < 1.29 is 9.53 Å². The number of benzene rings is 2. The minimum absolute atomic E-state index is 0.0634. The number of nitrogens with one attached hydrogen (secondary N) is 2. The van der Waals surface area contributed by atoms with E-state index in [9.17, 15) is 10.1 Å². The second kappa shape index (κ2) is 8.02. The topological polar surface area (TPSA) is 87.0 Å². The Morgan fingerprint density at radius 2 is 2.00 bits per heavy atom. The first-order valence-corrected chi connectivity index (χ1v) is 8.29. The molecule has 2 aromatic carbocycles. The average molecular weight is 358 g/mol. The predicted octanol–water partition coefficient (Wildman–Crippen LogP) is 4.01. The highest BCUT2D eigenvalue weighted by molar-refractivity contribution is 6.07. The number of rotatable bonds is 5. The van der Waals surface area contributed by atoms with Crippen LogP contribution in [0.4, 0.5) is 11.4 Å². The number of anilines is 2. The van der Waals surface area contributed by atoms with Crippen LogP contribution >= 0.6 is 0 Å². The van der Waals surface area contributed by atoms with E-state index in [2.05, 4.69) is 15.6 Å². The summed E-state index contributed by atoms with van der Waals surface area (Å²) in [4.78, 5) is 16.8. The van der Waals surface area contributed by atoms with Crippen molar-refractivity contribution in [2.45, 2.75) is 6.92 Å². The second-order valence-corrected chi connectivity index (χ2v) is 5.85. The Kier molecular flexibility index (Phi) is 5.33. The van der Waals surface area contributed by atoms with Gasteiger partial charge in [0.15, 0.2) is 0 Å². The van der Waals surface area contributed by atoms with Gasteiger partial charge in [-0.3, -0.25) is 9.78 Å². The van der Waals surface area contributed by atoms with Gasteiger partial charge in [0.1, 0.15) is 17.4 Å². The highest BCUT2D eigenvalue weighted by atomic mass is 16.5. The lowest BCUT2D eigenvalue weighted by Crippen LogP contribution is -2.15. The number of methoxy groups -OCH3 is 1. The lowest BCUT2D eigenvalue weighted by molar-refractivity contribution is -0.112. The molecule has 0 saturated heterocycles. The summed E-state index contributed by atoms with van der Waals surface area (Å²) in [7, 11) is 1.52. The maximum absolute atomic E-state index is 12.5. The maximum atomic E-state index is 12.5. The molecule has 3 aromatic rings. The zero-order valence-corrected chi connectivity index (χ0v) is 15.0. The monoisotopic (exact) mass is 358 g/mol. The SMILES string of the molecule is COc1ccc(C)cc1NC(=O)/C(C#N)=C\Nc1cccc2cccnc12. The summed E-state index contributed by atoms with van der Waals surface area (Å²) in [5.74, 6) is -0.000418. The summed E-state index contributed by atoms with van der Waals surface area (Å²) in [5, 5.41) is 16.1. The van der Waals surface area contributed by atoms with Crippen LogP contribution in [0.2, 0.25) is 0 Å². The zero-order chi connectivity index (χ0) is 19.2. The molecule has 2 N–H and O–H groups in total. The molecule has 1 heterocycles. The van der Waals surface area contributed by atoms with Crippen LogP contribution in [0.25, 0.3) is 10.9 Å². The van der Waals surface area contributed by atoms with Crippen LogP contribution in [0.3, 0.4) is 0 Å². The van der Waals surface area contributed by atoms with Crippen LogP contribution in [-0.2, 0) is 4.79 Å². The Bertz CT molecular complexity index is 1060. The van der Waals surface area contributed by atoms with Crippen molar-refractivity contribution in [2.24, 2.45) is 0 Å². The number of para-hydroxylation sites is 1. The molecule has 0 spiro atoms. The predicted molar refractivity (Wildman–Crippen MR) is 105 cm³/mol. The van der Waals surface area contributed by atoms with E-state index in [-0.39, 0.29) is 5.57 Å². The summed E-state index contributed by atoms with van der Waals surface area (Å²) in [6, 6.07) is 16.8. The fraction of sp³-hybridized carbons (Fsp3) is 0.0952. The fourth-order valence-corrected chi connectivity index (χ4v) is 2.63. The van der Waals surface area contributed by atoms with Crippen LogP contribution in [0.1, 0.15) is 5.56 Å². The van der Waals surface area contributed by atoms with E-state index in [1.165, 1.54) is 13.3 Å². The molecular formula is C21H18N4O2. The van der Waals surface area contributed by atoms with Crippen LogP contribution in [0.5, 0.6) is 5.75 Å². The molecule has 1 amide bonds.